The van der Waals surface area contributed by atoms with Crippen molar-refractivity contribution in [2.24, 2.45) is 30.7 Å². The number of thiophene rings is 1. The first kappa shape index (κ1) is 28.3. The van der Waals surface area contributed by atoms with Gasteiger partial charge < -0.3 is 9.64 Å². The third-order valence-electron chi connectivity index (χ3n) is 6.19. The second kappa shape index (κ2) is 13.4. The minimum atomic E-state index is -0.343. The zero-order valence-corrected chi connectivity index (χ0v) is 24.7. The fourth-order valence-electron chi connectivity index (χ4n) is 4.11. The zero-order valence-electron chi connectivity index (χ0n) is 23.0. The first-order chi connectivity index (χ1) is 20.0. The van der Waals surface area contributed by atoms with Crippen LogP contribution in [0.4, 0.5) is 37.9 Å². The molecule has 0 atom stereocenters. The van der Waals surface area contributed by atoms with Crippen LogP contribution in [-0.2, 0) is 16.0 Å². The first-order valence-corrected chi connectivity index (χ1v) is 14.9. The molecule has 3 heterocycles. The van der Waals surface area contributed by atoms with Gasteiger partial charge in [-0.25, -0.2) is 0 Å². The lowest BCUT2D eigenvalue weighted by Crippen LogP contribution is -2.15. The molecule has 2 aromatic carbocycles. The van der Waals surface area contributed by atoms with Gasteiger partial charge in [0.1, 0.15) is 10.0 Å². The lowest BCUT2D eigenvalue weighted by molar-refractivity contribution is -0.142. The monoisotopic (exact) mass is 587 g/mol. The lowest BCUT2D eigenvalue weighted by atomic mass is 10.2. The predicted molar refractivity (Wildman–Crippen MR) is 161 cm³/mol. The molecule has 0 unspecified atom stereocenters. The second-order valence-electron chi connectivity index (χ2n) is 9.31. The predicted octanol–water partition coefficient (Wildman–Crippen LogP) is 9.17. The number of rotatable bonds is 10. The molecule has 0 aliphatic carbocycles. The van der Waals surface area contributed by atoms with E-state index in [9.17, 15) is 4.79 Å². The second-order valence-corrected chi connectivity index (χ2v) is 11.4. The van der Waals surface area contributed by atoms with Crippen molar-refractivity contribution in [3.05, 3.63) is 64.7 Å². The Morgan fingerprint density at radius 1 is 0.829 bits per heavy atom. The van der Waals surface area contributed by atoms with Crippen molar-refractivity contribution in [2.75, 3.05) is 24.6 Å². The highest BCUT2D eigenvalue weighted by atomic mass is 32.1. The molecule has 1 aliphatic heterocycles. The summed E-state index contributed by atoms with van der Waals surface area (Å²) in [6.45, 7) is 8.22. The average Bonchev–Trinajstić information content (AvgIpc) is 3.73. The molecule has 13 heteroatoms. The number of azo groups is 3. The van der Waals surface area contributed by atoms with Gasteiger partial charge >= 0.3 is 5.97 Å². The normalized spacial score (nSPS) is 13.8. The Kier molecular flexibility index (Phi) is 9.26. The quantitative estimate of drug-likeness (QED) is 0.135. The SMILES string of the molecule is CCOC(=O)Cc1nnc(/N=N/c2ccc(/N=N/c3ccc(/N=N/c4ccc(N5CCCC5)s4)cc3C)cc2C)s1. The van der Waals surface area contributed by atoms with Gasteiger partial charge in [-0.2, -0.15) is 10.2 Å². The van der Waals surface area contributed by atoms with Gasteiger partial charge in [0.15, 0.2) is 0 Å². The van der Waals surface area contributed by atoms with Gasteiger partial charge in [-0.15, -0.1) is 30.7 Å². The van der Waals surface area contributed by atoms with Crippen LogP contribution in [0.2, 0.25) is 0 Å². The summed E-state index contributed by atoms with van der Waals surface area (Å²) in [6.07, 6.45) is 2.58. The molecule has 0 saturated carbocycles. The molecule has 4 aromatic rings. The van der Waals surface area contributed by atoms with Crippen LogP contribution < -0.4 is 4.90 Å². The van der Waals surface area contributed by atoms with E-state index in [-0.39, 0.29) is 12.4 Å². The van der Waals surface area contributed by atoms with Gasteiger partial charge in [-0.1, -0.05) is 22.7 Å². The molecule has 0 spiro atoms. The third kappa shape index (κ3) is 7.70. The summed E-state index contributed by atoms with van der Waals surface area (Å²) in [5, 5.41) is 37.1. The molecule has 0 radical (unpaired) electrons. The molecule has 41 heavy (non-hydrogen) atoms. The van der Waals surface area contributed by atoms with E-state index in [0.717, 1.165) is 40.6 Å². The summed E-state index contributed by atoms with van der Waals surface area (Å²) >= 11 is 2.87. The number of anilines is 1. The van der Waals surface area contributed by atoms with Crippen molar-refractivity contribution in [1.29, 1.82) is 0 Å². The van der Waals surface area contributed by atoms with E-state index >= 15 is 0 Å². The van der Waals surface area contributed by atoms with Crippen molar-refractivity contribution < 1.29 is 9.53 Å². The highest BCUT2D eigenvalue weighted by molar-refractivity contribution is 7.19. The Bertz CT molecular complexity index is 1600. The van der Waals surface area contributed by atoms with Crippen LogP contribution in [0.25, 0.3) is 0 Å². The highest BCUT2D eigenvalue weighted by Gasteiger charge is 2.14. The summed E-state index contributed by atoms with van der Waals surface area (Å²) in [5.41, 5.74) is 4.74. The van der Waals surface area contributed by atoms with Crippen LogP contribution in [-0.4, -0.2) is 35.9 Å². The molecule has 0 bridgehead atoms. The maximum Gasteiger partial charge on any atom is 0.312 e. The average molecular weight is 588 g/mol. The van der Waals surface area contributed by atoms with Crippen molar-refractivity contribution in [1.82, 2.24) is 10.2 Å². The topological polar surface area (TPSA) is 129 Å². The molecule has 1 aliphatic rings. The van der Waals surface area contributed by atoms with Crippen molar-refractivity contribution in [3.8, 4) is 0 Å². The van der Waals surface area contributed by atoms with Gasteiger partial charge in [0, 0.05) is 13.1 Å². The van der Waals surface area contributed by atoms with E-state index < -0.39 is 0 Å². The van der Waals surface area contributed by atoms with Crippen molar-refractivity contribution >= 4 is 66.5 Å². The van der Waals surface area contributed by atoms with E-state index in [1.54, 1.807) is 18.3 Å². The maximum atomic E-state index is 11.6. The molecule has 11 nitrogen and oxygen atoms in total. The van der Waals surface area contributed by atoms with E-state index in [0.29, 0.717) is 28.1 Å². The molecule has 1 saturated heterocycles. The number of aryl methyl sites for hydroxylation is 2. The molecular formula is C28H29N9O2S2. The fourth-order valence-corrected chi connectivity index (χ4v) is 5.64. The van der Waals surface area contributed by atoms with E-state index in [2.05, 4.69) is 51.8 Å². The number of aromatic nitrogens is 2. The number of hydrogen-bond donors (Lipinski definition) is 0. The van der Waals surface area contributed by atoms with Gasteiger partial charge in [0.05, 0.1) is 40.8 Å². The molecule has 2 aromatic heterocycles. The van der Waals surface area contributed by atoms with Crippen LogP contribution in [0.15, 0.2) is 79.2 Å². The molecule has 1 fully saturated rings. The first-order valence-electron chi connectivity index (χ1n) is 13.3. The van der Waals surface area contributed by atoms with Crippen LogP contribution in [0, 0.1) is 13.8 Å². The minimum Gasteiger partial charge on any atom is -0.466 e. The number of benzene rings is 2. The zero-order chi connectivity index (χ0) is 28.6. The van der Waals surface area contributed by atoms with E-state index in [4.69, 9.17) is 4.74 Å². The number of ether oxygens (including phenoxy) is 1. The largest absolute Gasteiger partial charge is 0.466 e. The van der Waals surface area contributed by atoms with Crippen LogP contribution in [0.1, 0.15) is 35.9 Å². The van der Waals surface area contributed by atoms with Gasteiger partial charge in [0.25, 0.3) is 5.13 Å². The maximum absolute atomic E-state index is 11.6. The summed E-state index contributed by atoms with van der Waals surface area (Å²) < 4.78 is 4.93. The smallest absolute Gasteiger partial charge is 0.312 e. The molecule has 0 N–H and O–H groups in total. The Morgan fingerprint density at radius 3 is 2.15 bits per heavy atom. The summed E-state index contributed by atoms with van der Waals surface area (Å²) in [7, 11) is 0. The lowest BCUT2D eigenvalue weighted by Gasteiger charge is -2.13. The third-order valence-corrected chi connectivity index (χ3v) is 8.03. The summed E-state index contributed by atoms with van der Waals surface area (Å²) in [4.78, 5) is 14.0. The Morgan fingerprint density at radius 2 is 1.49 bits per heavy atom. The molecular weight excluding hydrogens is 559 g/mol. The number of hydrogen-bond acceptors (Lipinski definition) is 13. The van der Waals surface area contributed by atoms with Gasteiger partial charge in [0.2, 0.25) is 0 Å². The van der Waals surface area contributed by atoms with Crippen molar-refractivity contribution in [3.63, 3.8) is 0 Å². The number of carbonyl (C=O) groups is 1. The Balaban J connectivity index is 1.19. The number of esters is 1. The van der Waals surface area contributed by atoms with E-state index in [1.807, 2.05) is 56.3 Å². The molecule has 210 valence electrons. The standard InChI is InChI=1S/C28H29N9O2S2/c1-4-39-27(38)17-25-34-36-28(41-25)35-32-23-10-7-20(15-19(23)3)29-31-22-9-8-21(16-18(22)2)30-33-24-11-12-26(40-24)37-13-5-6-14-37/h7-12,15-16H,4-6,13-14,17H2,1-3H3/b31-29+,33-30+,35-32+. The highest BCUT2D eigenvalue weighted by Crippen LogP contribution is 2.35. The summed E-state index contributed by atoms with van der Waals surface area (Å²) in [5.74, 6) is -0.343. The van der Waals surface area contributed by atoms with Crippen LogP contribution >= 0.6 is 22.7 Å². The fraction of sp³-hybridized carbons (Fsp3) is 0.321. The number of carbonyl (C=O) groups excluding carboxylic acids is 1. The number of nitrogens with zero attached hydrogens (tertiary/aromatic N) is 9. The summed E-state index contributed by atoms with van der Waals surface area (Å²) in [6, 6.07) is 15.4. The van der Waals surface area contributed by atoms with Crippen LogP contribution in [0.3, 0.4) is 0 Å². The molecule has 0 amide bonds. The van der Waals surface area contributed by atoms with Gasteiger partial charge in [-0.05, 0) is 93.3 Å². The minimum absolute atomic E-state index is 0.0704. The Labute approximate surface area is 245 Å². The van der Waals surface area contributed by atoms with Gasteiger partial charge in [-0.3, -0.25) is 4.79 Å². The van der Waals surface area contributed by atoms with Crippen LogP contribution in [0.5, 0.6) is 0 Å². The van der Waals surface area contributed by atoms with Crippen molar-refractivity contribution in [2.45, 2.75) is 40.0 Å². The van der Waals surface area contributed by atoms with E-state index in [1.165, 1.54) is 29.2 Å². The molecule has 5 rings (SSSR count). The Hall–Kier alpha value is -4.23.